The molecule has 0 aliphatic rings. The van der Waals surface area contributed by atoms with Crippen LogP contribution in [-0.4, -0.2) is 54.9 Å². The number of aliphatic hydroxyl groups is 1. The van der Waals surface area contributed by atoms with Crippen molar-refractivity contribution in [2.75, 3.05) is 45.3 Å². The number of aliphatic hydroxyl groups excluding tert-OH is 1. The molecular formula is C13H23N3O2. The molecule has 0 amide bonds. The standard InChI is InChI=1S/C13H23N3O2/c1-3-14-13-6-4-5-12(15-13)11-16(2)7-9-18-10-8-17/h4-6,17H,3,7-11H2,1-2H3,(H,14,15). The van der Waals surface area contributed by atoms with Crippen molar-refractivity contribution >= 4 is 5.82 Å². The fourth-order valence-electron chi connectivity index (χ4n) is 1.59. The highest BCUT2D eigenvalue weighted by Gasteiger charge is 2.02. The van der Waals surface area contributed by atoms with Crippen molar-refractivity contribution < 1.29 is 9.84 Å². The van der Waals surface area contributed by atoms with Crippen molar-refractivity contribution in [3.63, 3.8) is 0 Å². The quantitative estimate of drug-likeness (QED) is 0.642. The molecule has 0 bridgehead atoms. The Hall–Kier alpha value is -1.17. The molecule has 5 heteroatoms. The van der Waals surface area contributed by atoms with Crippen LogP contribution in [0.5, 0.6) is 0 Å². The number of ether oxygens (including phenoxy) is 1. The zero-order chi connectivity index (χ0) is 13.2. The van der Waals surface area contributed by atoms with Gasteiger partial charge in [-0.3, -0.25) is 4.90 Å². The number of pyridine rings is 1. The SMILES string of the molecule is CCNc1cccc(CN(C)CCOCCO)n1. The summed E-state index contributed by atoms with van der Waals surface area (Å²) < 4.78 is 5.23. The minimum absolute atomic E-state index is 0.0794. The summed E-state index contributed by atoms with van der Waals surface area (Å²) in [4.78, 5) is 6.66. The normalized spacial score (nSPS) is 10.9. The van der Waals surface area contributed by atoms with Gasteiger partial charge in [0.1, 0.15) is 5.82 Å². The van der Waals surface area contributed by atoms with Crippen LogP contribution >= 0.6 is 0 Å². The zero-order valence-electron chi connectivity index (χ0n) is 11.2. The van der Waals surface area contributed by atoms with Gasteiger partial charge < -0.3 is 15.2 Å². The van der Waals surface area contributed by atoms with Gasteiger partial charge in [0.25, 0.3) is 0 Å². The number of aromatic nitrogens is 1. The Bertz CT molecular complexity index is 334. The van der Waals surface area contributed by atoms with Crippen molar-refractivity contribution in [1.29, 1.82) is 0 Å². The maximum atomic E-state index is 8.59. The average molecular weight is 253 g/mol. The molecule has 0 fully saturated rings. The van der Waals surface area contributed by atoms with Crippen LogP contribution < -0.4 is 5.32 Å². The first-order valence-electron chi connectivity index (χ1n) is 6.33. The minimum Gasteiger partial charge on any atom is -0.394 e. The van der Waals surface area contributed by atoms with Gasteiger partial charge in [0.05, 0.1) is 25.5 Å². The molecule has 1 aromatic heterocycles. The molecule has 0 spiro atoms. The molecule has 0 aliphatic heterocycles. The largest absolute Gasteiger partial charge is 0.394 e. The van der Waals surface area contributed by atoms with Crippen molar-refractivity contribution in [2.24, 2.45) is 0 Å². The molecule has 0 saturated heterocycles. The Kier molecular flexibility index (Phi) is 7.32. The molecule has 1 heterocycles. The Balaban J connectivity index is 2.34. The summed E-state index contributed by atoms with van der Waals surface area (Å²) in [6.45, 7) is 5.66. The predicted molar refractivity (Wildman–Crippen MR) is 72.6 cm³/mol. The van der Waals surface area contributed by atoms with E-state index in [1.54, 1.807) is 0 Å². The maximum absolute atomic E-state index is 8.59. The van der Waals surface area contributed by atoms with Crippen LogP contribution in [0.3, 0.4) is 0 Å². The van der Waals surface area contributed by atoms with Gasteiger partial charge >= 0.3 is 0 Å². The molecule has 0 atom stereocenters. The third kappa shape index (κ3) is 5.95. The van der Waals surface area contributed by atoms with E-state index in [0.29, 0.717) is 13.2 Å². The van der Waals surface area contributed by atoms with Crippen LogP contribution in [0.1, 0.15) is 12.6 Å². The first-order valence-corrected chi connectivity index (χ1v) is 6.33. The Morgan fingerprint density at radius 1 is 1.39 bits per heavy atom. The van der Waals surface area contributed by atoms with Gasteiger partial charge in [-0.05, 0) is 26.1 Å². The lowest BCUT2D eigenvalue weighted by atomic mass is 10.3. The Morgan fingerprint density at radius 3 is 2.94 bits per heavy atom. The topological polar surface area (TPSA) is 57.6 Å². The van der Waals surface area contributed by atoms with Gasteiger partial charge in [0, 0.05) is 19.6 Å². The Labute approximate surface area is 109 Å². The molecule has 5 nitrogen and oxygen atoms in total. The van der Waals surface area contributed by atoms with E-state index in [2.05, 4.69) is 22.1 Å². The van der Waals surface area contributed by atoms with Crippen LogP contribution in [0.15, 0.2) is 18.2 Å². The number of hydrogen-bond acceptors (Lipinski definition) is 5. The molecule has 102 valence electrons. The van der Waals surface area contributed by atoms with Gasteiger partial charge in [0.2, 0.25) is 0 Å². The maximum Gasteiger partial charge on any atom is 0.126 e. The van der Waals surface area contributed by atoms with E-state index in [0.717, 1.165) is 31.1 Å². The zero-order valence-corrected chi connectivity index (χ0v) is 11.2. The molecule has 0 radical (unpaired) electrons. The van der Waals surface area contributed by atoms with Gasteiger partial charge in [-0.1, -0.05) is 6.07 Å². The third-order valence-electron chi connectivity index (χ3n) is 2.45. The molecular weight excluding hydrogens is 230 g/mol. The van der Waals surface area contributed by atoms with Crippen molar-refractivity contribution in [2.45, 2.75) is 13.5 Å². The second kappa shape index (κ2) is 8.85. The third-order valence-corrected chi connectivity index (χ3v) is 2.45. The van der Waals surface area contributed by atoms with Crippen molar-refractivity contribution in [3.8, 4) is 0 Å². The number of anilines is 1. The van der Waals surface area contributed by atoms with Crippen molar-refractivity contribution in [3.05, 3.63) is 23.9 Å². The van der Waals surface area contributed by atoms with Crippen LogP contribution in [0.2, 0.25) is 0 Å². The highest BCUT2D eigenvalue weighted by Crippen LogP contribution is 2.06. The number of rotatable bonds is 9. The number of nitrogens with zero attached hydrogens (tertiary/aromatic N) is 2. The van der Waals surface area contributed by atoms with Gasteiger partial charge in [0.15, 0.2) is 0 Å². The molecule has 0 unspecified atom stereocenters. The Morgan fingerprint density at radius 2 is 2.22 bits per heavy atom. The van der Waals surface area contributed by atoms with Gasteiger partial charge in [-0.25, -0.2) is 4.98 Å². The van der Waals surface area contributed by atoms with E-state index >= 15 is 0 Å². The smallest absolute Gasteiger partial charge is 0.126 e. The second-order valence-electron chi connectivity index (χ2n) is 4.12. The molecule has 18 heavy (non-hydrogen) atoms. The lowest BCUT2D eigenvalue weighted by Crippen LogP contribution is -2.23. The van der Waals surface area contributed by atoms with Crippen LogP contribution in [0, 0.1) is 0 Å². The fourth-order valence-corrected chi connectivity index (χ4v) is 1.59. The summed E-state index contributed by atoms with van der Waals surface area (Å²) >= 11 is 0. The van der Waals surface area contributed by atoms with E-state index in [-0.39, 0.29) is 6.61 Å². The summed E-state index contributed by atoms with van der Waals surface area (Å²) in [7, 11) is 2.03. The summed E-state index contributed by atoms with van der Waals surface area (Å²) in [5.41, 5.74) is 1.04. The van der Waals surface area contributed by atoms with Gasteiger partial charge in [-0.15, -0.1) is 0 Å². The predicted octanol–water partition coefficient (Wildman–Crippen LogP) is 0.954. The van der Waals surface area contributed by atoms with Crippen molar-refractivity contribution in [1.82, 2.24) is 9.88 Å². The number of nitrogens with one attached hydrogen (secondary N) is 1. The average Bonchev–Trinajstić information content (AvgIpc) is 2.35. The van der Waals surface area contributed by atoms with E-state index in [4.69, 9.17) is 9.84 Å². The first-order chi connectivity index (χ1) is 8.76. The monoisotopic (exact) mass is 253 g/mol. The molecule has 1 aromatic rings. The van der Waals surface area contributed by atoms with E-state index < -0.39 is 0 Å². The second-order valence-corrected chi connectivity index (χ2v) is 4.12. The van der Waals surface area contributed by atoms with Crippen LogP contribution in [-0.2, 0) is 11.3 Å². The first kappa shape index (κ1) is 14.9. The van der Waals surface area contributed by atoms with E-state index in [1.165, 1.54) is 0 Å². The fraction of sp³-hybridized carbons (Fsp3) is 0.615. The van der Waals surface area contributed by atoms with Crippen LogP contribution in [0.4, 0.5) is 5.82 Å². The summed E-state index contributed by atoms with van der Waals surface area (Å²) in [5, 5.41) is 11.8. The summed E-state index contributed by atoms with van der Waals surface area (Å²) in [5.74, 6) is 0.917. The lowest BCUT2D eigenvalue weighted by molar-refractivity contribution is 0.0771. The summed E-state index contributed by atoms with van der Waals surface area (Å²) in [6, 6.07) is 6.00. The molecule has 0 saturated carbocycles. The van der Waals surface area contributed by atoms with Crippen LogP contribution in [0.25, 0.3) is 0 Å². The lowest BCUT2D eigenvalue weighted by Gasteiger charge is -2.16. The minimum atomic E-state index is 0.0794. The van der Waals surface area contributed by atoms with E-state index in [1.807, 2.05) is 25.2 Å². The molecule has 0 aliphatic carbocycles. The molecule has 1 rings (SSSR count). The van der Waals surface area contributed by atoms with Gasteiger partial charge in [-0.2, -0.15) is 0 Å². The van der Waals surface area contributed by atoms with E-state index in [9.17, 15) is 0 Å². The number of likely N-dealkylation sites (N-methyl/N-ethyl adjacent to an activating group) is 1. The molecule has 0 aromatic carbocycles. The number of hydrogen-bond donors (Lipinski definition) is 2. The highest BCUT2D eigenvalue weighted by molar-refractivity contribution is 5.34. The molecule has 2 N–H and O–H groups in total. The summed E-state index contributed by atoms with van der Waals surface area (Å²) in [6.07, 6.45) is 0. The highest BCUT2D eigenvalue weighted by atomic mass is 16.5.